The maximum atomic E-state index is 13.7. The number of nitrogens with one attached hydrogen (secondary N) is 2. The molecule has 0 radical (unpaired) electrons. The first-order valence-corrected chi connectivity index (χ1v) is 11.7. The standard InChI is InChI=1S/C22H28N6O3S/c1-3-20(29)26-17-7-11-27(12-8-17)14-21(30)28(19-6-9-23-15-24-19)22(25-10-13-32-22)18-5-4-16(2)31-18/h4-6,9-10,13,15,17,25H,3,7-8,11-12,14H2,1-2H3,(H,26,29). The fourth-order valence-corrected chi connectivity index (χ4v) is 4.99. The number of hydrogen-bond donors (Lipinski definition) is 2. The molecule has 2 aliphatic rings. The van der Waals surface area contributed by atoms with E-state index in [1.165, 1.54) is 18.1 Å². The number of nitrogens with zero attached hydrogens (tertiary/aromatic N) is 4. The first-order chi connectivity index (χ1) is 15.5. The fourth-order valence-electron chi connectivity index (χ4n) is 3.99. The van der Waals surface area contributed by atoms with Gasteiger partial charge in [-0.1, -0.05) is 18.7 Å². The lowest BCUT2D eigenvalue weighted by Crippen LogP contribution is -2.57. The molecular formula is C22H28N6O3S. The number of rotatable bonds is 7. The van der Waals surface area contributed by atoms with Crippen LogP contribution in [-0.2, 0) is 14.6 Å². The number of aromatic nitrogens is 2. The molecule has 2 aliphatic heterocycles. The summed E-state index contributed by atoms with van der Waals surface area (Å²) in [6.45, 7) is 5.45. The minimum atomic E-state index is -0.965. The summed E-state index contributed by atoms with van der Waals surface area (Å²) >= 11 is 1.45. The maximum absolute atomic E-state index is 13.7. The van der Waals surface area contributed by atoms with E-state index in [1.54, 1.807) is 17.2 Å². The van der Waals surface area contributed by atoms with Crippen LogP contribution < -0.4 is 15.5 Å². The molecule has 1 atom stereocenters. The van der Waals surface area contributed by atoms with E-state index in [1.807, 2.05) is 37.6 Å². The Kier molecular flexibility index (Phi) is 6.80. The van der Waals surface area contributed by atoms with Crippen LogP contribution in [0.2, 0.25) is 0 Å². The van der Waals surface area contributed by atoms with Crippen LogP contribution in [0.5, 0.6) is 0 Å². The number of furan rings is 1. The first kappa shape index (κ1) is 22.3. The summed E-state index contributed by atoms with van der Waals surface area (Å²) in [6, 6.07) is 5.66. The normalized spacial score (nSPS) is 21.3. The van der Waals surface area contributed by atoms with Gasteiger partial charge in [-0.25, -0.2) is 9.97 Å². The Morgan fingerprint density at radius 2 is 2.16 bits per heavy atom. The van der Waals surface area contributed by atoms with E-state index in [0.717, 1.165) is 31.7 Å². The summed E-state index contributed by atoms with van der Waals surface area (Å²) in [5, 5.41) is 8.28. The molecule has 2 aromatic heterocycles. The lowest BCUT2D eigenvalue weighted by Gasteiger charge is -2.40. The van der Waals surface area contributed by atoms with Gasteiger partial charge in [0.05, 0.1) is 6.54 Å². The zero-order valence-corrected chi connectivity index (χ0v) is 19.1. The van der Waals surface area contributed by atoms with Gasteiger partial charge < -0.3 is 15.1 Å². The Labute approximate surface area is 191 Å². The van der Waals surface area contributed by atoms with Crippen LogP contribution >= 0.6 is 11.8 Å². The summed E-state index contributed by atoms with van der Waals surface area (Å²) in [5.41, 5.74) is 0. The molecule has 10 heteroatoms. The molecule has 2 N–H and O–H groups in total. The molecule has 0 spiro atoms. The molecule has 1 saturated heterocycles. The van der Waals surface area contributed by atoms with Crippen molar-refractivity contribution in [2.24, 2.45) is 0 Å². The van der Waals surface area contributed by atoms with Gasteiger partial charge in [-0.3, -0.25) is 19.4 Å². The van der Waals surface area contributed by atoms with Gasteiger partial charge >= 0.3 is 0 Å². The van der Waals surface area contributed by atoms with Crippen LogP contribution in [0.15, 0.2) is 46.7 Å². The average Bonchev–Trinajstić information content (AvgIpc) is 3.46. The number of aryl methyl sites for hydroxylation is 1. The highest BCUT2D eigenvalue weighted by molar-refractivity contribution is 8.03. The van der Waals surface area contributed by atoms with Crippen LogP contribution in [0.25, 0.3) is 0 Å². The molecule has 1 fully saturated rings. The Bertz CT molecular complexity index is 963. The van der Waals surface area contributed by atoms with Crippen LogP contribution in [0.3, 0.4) is 0 Å². The van der Waals surface area contributed by atoms with Crippen molar-refractivity contribution < 1.29 is 14.0 Å². The van der Waals surface area contributed by atoms with Crippen molar-refractivity contribution in [2.45, 2.75) is 44.1 Å². The number of carbonyl (C=O) groups is 2. The number of carbonyl (C=O) groups excluding carboxylic acids is 2. The molecule has 0 aliphatic carbocycles. The third kappa shape index (κ3) is 4.66. The Hall–Kier alpha value is -2.85. The SMILES string of the molecule is CCC(=O)NC1CCN(CC(=O)N(c2ccncn2)C2(c3ccc(C)o3)NC=CS2)CC1. The third-order valence-corrected chi connectivity index (χ3v) is 6.77. The molecule has 2 aromatic rings. The summed E-state index contributed by atoms with van der Waals surface area (Å²) < 4.78 is 5.96. The van der Waals surface area contributed by atoms with Crippen molar-refractivity contribution in [3.63, 3.8) is 0 Å². The summed E-state index contributed by atoms with van der Waals surface area (Å²) in [4.78, 5) is 36.6. The Morgan fingerprint density at radius 1 is 1.34 bits per heavy atom. The van der Waals surface area contributed by atoms with Crippen molar-refractivity contribution in [1.82, 2.24) is 25.5 Å². The van der Waals surface area contributed by atoms with Gasteiger partial charge in [0.1, 0.15) is 17.9 Å². The smallest absolute Gasteiger partial charge is 0.245 e. The molecule has 9 nitrogen and oxygen atoms in total. The monoisotopic (exact) mass is 456 g/mol. The van der Waals surface area contributed by atoms with Crippen molar-refractivity contribution in [2.75, 3.05) is 24.5 Å². The van der Waals surface area contributed by atoms with E-state index >= 15 is 0 Å². The van der Waals surface area contributed by atoms with E-state index in [4.69, 9.17) is 4.42 Å². The second-order valence-corrected chi connectivity index (χ2v) is 8.99. The molecular weight excluding hydrogens is 428 g/mol. The summed E-state index contributed by atoms with van der Waals surface area (Å²) in [7, 11) is 0. The first-order valence-electron chi connectivity index (χ1n) is 10.8. The van der Waals surface area contributed by atoms with E-state index in [2.05, 4.69) is 25.5 Å². The number of likely N-dealkylation sites (tertiary alicyclic amines) is 1. The average molecular weight is 457 g/mol. The van der Waals surface area contributed by atoms with E-state index < -0.39 is 4.99 Å². The largest absolute Gasteiger partial charge is 0.461 e. The molecule has 0 bridgehead atoms. The predicted octanol–water partition coefficient (Wildman–Crippen LogP) is 2.32. The molecule has 1 unspecified atom stereocenters. The minimum Gasteiger partial charge on any atom is -0.461 e. The zero-order valence-electron chi connectivity index (χ0n) is 18.3. The van der Waals surface area contributed by atoms with Crippen LogP contribution in [0.1, 0.15) is 37.7 Å². The molecule has 4 heterocycles. The minimum absolute atomic E-state index is 0.0713. The summed E-state index contributed by atoms with van der Waals surface area (Å²) in [6.07, 6.45) is 7.00. The highest BCUT2D eigenvalue weighted by Gasteiger charge is 2.47. The molecule has 170 valence electrons. The van der Waals surface area contributed by atoms with E-state index in [-0.39, 0.29) is 24.4 Å². The molecule has 4 rings (SSSR count). The predicted molar refractivity (Wildman–Crippen MR) is 122 cm³/mol. The van der Waals surface area contributed by atoms with Crippen molar-refractivity contribution in [3.8, 4) is 0 Å². The number of amides is 2. The van der Waals surface area contributed by atoms with Gasteiger partial charge in [-0.2, -0.15) is 0 Å². The lowest BCUT2D eigenvalue weighted by atomic mass is 10.0. The Morgan fingerprint density at radius 3 is 2.75 bits per heavy atom. The van der Waals surface area contributed by atoms with E-state index in [9.17, 15) is 9.59 Å². The highest BCUT2D eigenvalue weighted by atomic mass is 32.2. The van der Waals surface area contributed by atoms with Crippen LogP contribution in [0, 0.1) is 6.92 Å². The number of piperidine rings is 1. The van der Waals surface area contributed by atoms with Crippen molar-refractivity contribution in [1.29, 1.82) is 0 Å². The second-order valence-electron chi connectivity index (χ2n) is 7.89. The number of hydrogen-bond acceptors (Lipinski definition) is 8. The van der Waals surface area contributed by atoms with Gasteiger partial charge in [-0.05, 0) is 43.4 Å². The van der Waals surface area contributed by atoms with Crippen LogP contribution in [-0.4, -0.2) is 52.4 Å². The van der Waals surface area contributed by atoms with Gasteiger partial charge in [0.25, 0.3) is 0 Å². The lowest BCUT2D eigenvalue weighted by molar-refractivity contribution is -0.123. The molecule has 0 aromatic carbocycles. The van der Waals surface area contributed by atoms with Crippen molar-refractivity contribution >= 4 is 29.4 Å². The fraction of sp³-hybridized carbons (Fsp3) is 0.455. The summed E-state index contributed by atoms with van der Waals surface area (Å²) in [5.74, 6) is 1.85. The Balaban J connectivity index is 1.54. The zero-order chi connectivity index (χ0) is 22.6. The van der Waals surface area contributed by atoms with Crippen molar-refractivity contribution in [3.05, 3.63) is 53.9 Å². The van der Waals surface area contributed by atoms with Gasteiger partial charge in [0.15, 0.2) is 5.76 Å². The van der Waals surface area contributed by atoms with Gasteiger partial charge in [0, 0.05) is 37.9 Å². The number of thioether (sulfide) groups is 1. The third-order valence-electron chi connectivity index (χ3n) is 5.65. The van der Waals surface area contributed by atoms with E-state index in [0.29, 0.717) is 18.0 Å². The topological polar surface area (TPSA) is 104 Å². The molecule has 2 amide bonds. The second kappa shape index (κ2) is 9.74. The van der Waals surface area contributed by atoms with Gasteiger partial charge in [-0.15, -0.1) is 0 Å². The molecule has 32 heavy (non-hydrogen) atoms. The maximum Gasteiger partial charge on any atom is 0.245 e. The van der Waals surface area contributed by atoms with Gasteiger partial charge in [0.2, 0.25) is 16.8 Å². The quantitative estimate of drug-likeness (QED) is 0.654. The van der Waals surface area contributed by atoms with Crippen LogP contribution in [0.4, 0.5) is 5.82 Å². The molecule has 0 saturated carbocycles. The number of anilines is 1. The highest BCUT2D eigenvalue weighted by Crippen LogP contribution is 2.44.